The molecule has 0 fully saturated rings. The smallest absolute Gasteiger partial charge is 0.407 e. The highest BCUT2D eigenvalue weighted by Crippen LogP contribution is 2.44. The van der Waals surface area contributed by atoms with E-state index in [0.717, 1.165) is 35.1 Å². The lowest BCUT2D eigenvalue weighted by atomic mass is 9.98. The maximum Gasteiger partial charge on any atom is 0.407 e. The summed E-state index contributed by atoms with van der Waals surface area (Å²) < 4.78 is 5.51. The summed E-state index contributed by atoms with van der Waals surface area (Å²) in [6.07, 6.45) is 17.9. The molecule has 1 unspecified atom stereocenters. The van der Waals surface area contributed by atoms with Crippen LogP contribution in [0.15, 0.2) is 48.5 Å². The van der Waals surface area contributed by atoms with Crippen LogP contribution in [0.2, 0.25) is 0 Å². The number of hydrogen-bond donors (Lipinski definition) is 3. The molecular weight excluding hydrogens is 552 g/mol. The highest BCUT2D eigenvalue weighted by Gasteiger charge is 2.29. The maximum absolute atomic E-state index is 12.5. The van der Waals surface area contributed by atoms with Gasteiger partial charge in [-0.25, -0.2) is 9.59 Å². The first-order valence-corrected chi connectivity index (χ1v) is 17.1. The van der Waals surface area contributed by atoms with Crippen LogP contribution in [0.3, 0.4) is 0 Å². The minimum atomic E-state index is -1.09. The van der Waals surface area contributed by atoms with E-state index in [1.54, 1.807) is 0 Å². The second-order valence-electron chi connectivity index (χ2n) is 12.2. The molecule has 1 atom stereocenters. The van der Waals surface area contributed by atoms with Crippen molar-refractivity contribution in [3.8, 4) is 11.1 Å². The predicted molar refractivity (Wildman–Crippen MR) is 177 cm³/mol. The largest absolute Gasteiger partial charge is 0.480 e. The van der Waals surface area contributed by atoms with Crippen molar-refractivity contribution in [2.75, 3.05) is 13.2 Å². The zero-order valence-electron chi connectivity index (χ0n) is 26.8. The zero-order chi connectivity index (χ0) is 31.4. The van der Waals surface area contributed by atoms with Crippen molar-refractivity contribution in [2.24, 2.45) is 0 Å². The molecule has 0 aromatic heterocycles. The molecule has 2 amide bonds. The fraction of sp³-hybridized carbons (Fsp3) is 0.595. The second kappa shape index (κ2) is 20.6. The van der Waals surface area contributed by atoms with Crippen LogP contribution in [0.1, 0.15) is 133 Å². The van der Waals surface area contributed by atoms with Gasteiger partial charge in [0.1, 0.15) is 12.6 Å². The standard InChI is InChI=1S/C37H54N2O5/c1-2-3-4-5-6-7-8-9-10-11-12-13-14-26-35(40)38-27-20-19-25-34(36(41)42)39-37(43)44-28-33-31-23-17-15-21-29(31)30-22-16-18-24-32(30)33/h15-18,21-24,33-34H,2-14,19-20,25-28H2,1H3,(H,38,40)(H,39,43)(H,41,42). The van der Waals surface area contributed by atoms with Crippen molar-refractivity contribution in [1.82, 2.24) is 10.6 Å². The molecule has 0 spiro atoms. The molecule has 3 rings (SSSR count). The number of aliphatic carboxylic acids is 1. The Hall–Kier alpha value is -3.35. The van der Waals surface area contributed by atoms with Crippen LogP contribution in [-0.2, 0) is 14.3 Å². The first kappa shape index (κ1) is 35.1. The molecule has 2 aromatic carbocycles. The molecule has 242 valence electrons. The Labute approximate surface area is 264 Å². The van der Waals surface area contributed by atoms with E-state index < -0.39 is 18.1 Å². The summed E-state index contributed by atoms with van der Waals surface area (Å²) in [7, 11) is 0. The maximum atomic E-state index is 12.5. The van der Waals surface area contributed by atoms with Gasteiger partial charge in [-0.2, -0.15) is 0 Å². The summed E-state index contributed by atoms with van der Waals surface area (Å²) in [6.45, 7) is 2.90. The lowest BCUT2D eigenvalue weighted by molar-refractivity contribution is -0.139. The van der Waals surface area contributed by atoms with Crippen molar-refractivity contribution in [1.29, 1.82) is 0 Å². The van der Waals surface area contributed by atoms with Crippen LogP contribution in [0.5, 0.6) is 0 Å². The Morgan fingerprint density at radius 1 is 0.727 bits per heavy atom. The van der Waals surface area contributed by atoms with E-state index in [4.69, 9.17) is 4.74 Å². The molecule has 1 aliphatic carbocycles. The van der Waals surface area contributed by atoms with Gasteiger partial charge in [-0.1, -0.05) is 133 Å². The van der Waals surface area contributed by atoms with Gasteiger partial charge in [0, 0.05) is 18.9 Å². The summed E-state index contributed by atoms with van der Waals surface area (Å²) in [5.74, 6) is -1.12. The van der Waals surface area contributed by atoms with Gasteiger partial charge in [-0.05, 0) is 47.9 Å². The Morgan fingerprint density at radius 3 is 1.80 bits per heavy atom. The Balaban J connectivity index is 1.21. The first-order chi connectivity index (χ1) is 21.5. The molecule has 0 radical (unpaired) electrons. The second-order valence-corrected chi connectivity index (χ2v) is 12.2. The number of nitrogens with one attached hydrogen (secondary N) is 2. The number of carboxylic acids is 1. The SMILES string of the molecule is CCCCCCCCCCCCCCCC(=O)NCCCCC(NC(=O)OCC1c2ccccc2-c2ccccc21)C(=O)O. The normalized spacial score (nSPS) is 12.8. The Bertz CT molecular complexity index is 1100. The summed E-state index contributed by atoms with van der Waals surface area (Å²) in [5, 5.41) is 15.1. The molecule has 1 aliphatic rings. The van der Waals surface area contributed by atoms with Crippen LogP contribution in [0.4, 0.5) is 4.79 Å². The predicted octanol–water partition coefficient (Wildman–Crippen LogP) is 8.75. The zero-order valence-corrected chi connectivity index (χ0v) is 26.8. The van der Waals surface area contributed by atoms with E-state index >= 15 is 0 Å². The number of unbranched alkanes of at least 4 members (excludes halogenated alkanes) is 13. The lowest BCUT2D eigenvalue weighted by Crippen LogP contribution is -2.41. The van der Waals surface area contributed by atoms with Crippen molar-refractivity contribution in [3.05, 3.63) is 59.7 Å². The number of amides is 2. The molecule has 3 N–H and O–H groups in total. The number of ether oxygens (including phenoxy) is 1. The first-order valence-electron chi connectivity index (χ1n) is 17.1. The van der Waals surface area contributed by atoms with Crippen molar-refractivity contribution in [3.63, 3.8) is 0 Å². The Morgan fingerprint density at radius 2 is 1.25 bits per heavy atom. The van der Waals surface area contributed by atoms with Gasteiger partial charge in [0.25, 0.3) is 0 Å². The van der Waals surface area contributed by atoms with Gasteiger partial charge in [0.15, 0.2) is 0 Å². The number of rotatable bonds is 23. The third-order valence-electron chi connectivity index (χ3n) is 8.68. The van der Waals surface area contributed by atoms with E-state index in [-0.39, 0.29) is 24.9 Å². The number of carbonyl (C=O) groups excluding carboxylic acids is 2. The fourth-order valence-electron chi connectivity index (χ4n) is 6.13. The number of hydrogen-bond acceptors (Lipinski definition) is 4. The van der Waals surface area contributed by atoms with Gasteiger partial charge < -0.3 is 20.5 Å². The molecule has 7 heteroatoms. The van der Waals surface area contributed by atoms with Gasteiger partial charge in [0.05, 0.1) is 0 Å². The molecule has 0 heterocycles. The van der Waals surface area contributed by atoms with Gasteiger partial charge >= 0.3 is 12.1 Å². The molecule has 0 aliphatic heterocycles. The van der Waals surface area contributed by atoms with Crippen molar-refractivity contribution < 1.29 is 24.2 Å². The summed E-state index contributed by atoms with van der Waals surface area (Å²) in [4.78, 5) is 36.4. The molecular formula is C37H54N2O5. The highest BCUT2D eigenvalue weighted by molar-refractivity contribution is 5.81. The van der Waals surface area contributed by atoms with Crippen LogP contribution >= 0.6 is 0 Å². The quantitative estimate of drug-likeness (QED) is 0.110. The summed E-state index contributed by atoms with van der Waals surface area (Å²) >= 11 is 0. The number of benzene rings is 2. The third kappa shape index (κ3) is 12.3. The van der Waals surface area contributed by atoms with E-state index in [1.165, 1.54) is 70.6 Å². The number of carboxylic acid groups (broad SMARTS) is 1. The van der Waals surface area contributed by atoms with Crippen LogP contribution in [0.25, 0.3) is 11.1 Å². The van der Waals surface area contributed by atoms with E-state index in [9.17, 15) is 19.5 Å². The topological polar surface area (TPSA) is 105 Å². The van der Waals surface area contributed by atoms with E-state index in [1.807, 2.05) is 36.4 Å². The monoisotopic (exact) mass is 606 g/mol. The van der Waals surface area contributed by atoms with Crippen LogP contribution in [0, 0.1) is 0 Å². The lowest BCUT2D eigenvalue weighted by Gasteiger charge is -2.17. The average molecular weight is 607 g/mol. The van der Waals surface area contributed by atoms with E-state index in [0.29, 0.717) is 25.8 Å². The summed E-state index contributed by atoms with van der Waals surface area (Å²) in [5.41, 5.74) is 4.48. The summed E-state index contributed by atoms with van der Waals surface area (Å²) in [6, 6.07) is 15.1. The molecule has 0 saturated heterocycles. The van der Waals surface area contributed by atoms with Gasteiger partial charge in [0.2, 0.25) is 5.91 Å². The molecule has 0 saturated carbocycles. The van der Waals surface area contributed by atoms with Crippen LogP contribution < -0.4 is 10.6 Å². The fourth-order valence-corrected chi connectivity index (χ4v) is 6.13. The third-order valence-corrected chi connectivity index (χ3v) is 8.68. The number of carbonyl (C=O) groups is 3. The average Bonchev–Trinajstić information content (AvgIpc) is 3.35. The Kier molecular flexibility index (Phi) is 16.4. The highest BCUT2D eigenvalue weighted by atomic mass is 16.5. The number of fused-ring (bicyclic) bond motifs is 3. The molecule has 0 bridgehead atoms. The van der Waals surface area contributed by atoms with Crippen molar-refractivity contribution >= 4 is 18.0 Å². The minimum Gasteiger partial charge on any atom is -0.480 e. The molecule has 2 aromatic rings. The minimum absolute atomic E-state index is 0.0552. The molecule has 7 nitrogen and oxygen atoms in total. The molecule has 44 heavy (non-hydrogen) atoms. The van der Waals surface area contributed by atoms with Crippen molar-refractivity contribution in [2.45, 2.75) is 128 Å². The van der Waals surface area contributed by atoms with Gasteiger partial charge in [-0.15, -0.1) is 0 Å². The van der Waals surface area contributed by atoms with Crippen LogP contribution in [-0.4, -0.2) is 42.3 Å². The number of alkyl carbamates (subject to hydrolysis) is 1. The van der Waals surface area contributed by atoms with Gasteiger partial charge in [-0.3, -0.25) is 4.79 Å². The van der Waals surface area contributed by atoms with E-state index in [2.05, 4.69) is 29.7 Å².